The zero-order chi connectivity index (χ0) is 16.1. The second-order valence-electron chi connectivity index (χ2n) is 5.78. The summed E-state index contributed by atoms with van der Waals surface area (Å²) in [5.74, 6) is 2.09. The van der Waals surface area contributed by atoms with Crippen molar-refractivity contribution >= 4 is 28.4 Å². The minimum atomic E-state index is -0.691. The average molecular weight is 327 g/mol. The maximum Gasteiger partial charge on any atom is 0.244 e. The van der Waals surface area contributed by atoms with Crippen molar-refractivity contribution in [1.82, 2.24) is 5.32 Å². The minimum Gasteiger partial charge on any atom is -0.387 e. The number of amides is 1. The molecule has 2 aromatic rings. The molecule has 0 bridgehead atoms. The average Bonchev–Trinajstić information content (AvgIpc) is 2.60. The summed E-state index contributed by atoms with van der Waals surface area (Å²) < 4.78 is 0. The summed E-state index contributed by atoms with van der Waals surface area (Å²) >= 11 is 1.93. The van der Waals surface area contributed by atoms with Gasteiger partial charge in [-0.2, -0.15) is 11.8 Å². The smallest absolute Gasteiger partial charge is 0.244 e. The number of carbonyl (C=O) groups excluding carboxylic acids is 1. The van der Waals surface area contributed by atoms with Gasteiger partial charge in [0.25, 0.3) is 0 Å². The molecular weight excluding hydrogens is 306 g/mol. The molecule has 1 unspecified atom stereocenters. The quantitative estimate of drug-likeness (QED) is 0.846. The highest BCUT2D eigenvalue weighted by Crippen LogP contribution is 2.22. The molecule has 0 aliphatic carbocycles. The number of nitrogens with one attached hydrogen (secondary N) is 1. The Morgan fingerprint density at radius 3 is 2.70 bits per heavy atom. The lowest BCUT2D eigenvalue weighted by Gasteiger charge is -2.14. The number of aliphatic hydroxyl groups excluding tert-OH is 1. The van der Waals surface area contributed by atoms with E-state index in [1.807, 2.05) is 54.2 Å². The molecule has 3 nitrogen and oxygen atoms in total. The van der Waals surface area contributed by atoms with Crippen molar-refractivity contribution in [2.45, 2.75) is 18.9 Å². The normalized spacial score (nSPS) is 16.1. The van der Waals surface area contributed by atoms with Crippen molar-refractivity contribution in [2.75, 3.05) is 18.1 Å². The second kappa shape index (κ2) is 7.66. The van der Waals surface area contributed by atoms with Crippen molar-refractivity contribution in [3.05, 3.63) is 59.7 Å². The number of allylic oxidation sites excluding steroid dienone is 1. The van der Waals surface area contributed by atoms with Gasteiger partial charge in [0.15, 0.2) is 0 Å². The SMILES string of the molecule is O=C(C=C1CCSCC1)NCC(O)c1ccc2ccccc2c1. The highest BCUT2D eigenvalue weighted by molar-refractivity contribution is 7.99. The number of hydrogen-bond donors (Lipinski definition) is 2. The Balaban J connectivity index is 1.59. The van der Waals surface area contributed by atoms with Gasteiger partial charge in [0.05, 0.1) is 6.10 Å². The third-order valence-electron chi connectivity index (χ3n) is 4.10. The minimum absolute atomic E-state index is 0.105. The summed E-state index contributed by atoms with van der Waals surface area (Å²) in [6.07, 6.45) is 2.99. The number of rotatable bonds is 4. The number of benzene rings is 2. The van der Waals surface area contributed by atoms with Gasteiger partial charge < -0.3 is 10.4 Å². The number of hydrogen-bond acceptors (Lipinski definition) is 3. The molecule has 1 amide bonds. The van der Waals surface area contributed by atoms with Gasteiger partial charge in [-0.15, -0.1) is 0 Å². The van der Waals surface area contributed by atoms with Crippen LogP contribution in [0, 0.1) is 0 Å². The fourth-order valence-electron chi connectivity index (χ4n) is 2.74. The molecular formula is C19H21NO2S. The molecule has 3 rings (SSSR count). The summed E-state index contributed by atoms with van der Waals surface area (Å²) in [5, 5.41) is 15.3. The number of fused-ring (bicyclic) bond motifs is 1. The highest BCUT2D eigenvalue weighted by atomic mass is 32.2. The summed E-state index contributed by atoms with van der Waals surface area (Å²) in [5.41, 5.74) is 2.03. The fraction of sp³-hybridized carbons (Fsp3) is 0.316. The molecule has 0 aromatic heterocycles. The van der Waals surface area contributed by atoms with Crippen LogP contribution < -0.4 is 5.32 Å². The zero-order valence-electron chi connectivity index (χ0n) is 13.0. The molecule has 1 fully saturated rings. The third kappa shape index (κ3) is 4.36. The first-order valence-corrected chi connectivity index (χ1v) is 9.09. The molecule has 23 heavy (non-hydrogen) atoms. The van der Waals surface area contributed by atoms with Gasteiger partial charge in [0, 0.05) is 12.6 Å². The Morgan fingerprint density at radius 2 is 1.91 bits per heavy atom. The molecule has 2 aromatic carbocycles. The maximum atomic E-state index is 12.0. The summed E-state index contributed by atoms with van der Waals surface area (Å²) in [4.78, 5) is 12.0. The molecule has 1 atom stereocenters. The highest BCUT2D eigenvalue weighted by Gasteiger charge is 2.11. The molecule has 0 radical (unpaired) electrons. The first kappa shape index (κ1) is 16.1. The van der Waals surface area contributed by atoms with Crippen molar-refractivity contribution in [2.24, 2.45) is 0 Å². The van der Waals surface area contributed by atoms with Crippen LogP contribution >= 0.6 is 11.8 Å². The van der Waals surface area contributed by atoms with Gasteiger partial charge in [0.2, 0.25) is 5.91 Å². The van der Waals surface area contributed by atoms with E-state index in [4.69, 9.17) is 0 Å². The topological polar surface area (TPSA) is 49.3 Å². The van der Waals surface area contributed by atoms with Crippen molar-refractivity contribution < 1.29 is 9.90 Å². The lowest BCUT2D eigenvalue weighted by atomic mass is 10.0. The van der Waals surface area contributed by atoms with E-state index in [2.05, 4.69) is 5.32 Å². The summed E-state index contributed by atoms with van der Waals surface area (Å²) in [6, 6.07) is 13.9. The van der Waals surface area contributed by atoms with Crippen LogP contribution in [0.4, 0.5) is 0 Å². The Labute approximate surface area is 140 Å². The largest absolute Gasteiger partial charge is 0.387 e. The maximum absolute atomic E-state index is 12.0. The van der Waals surface area contributed by atoms with Gasteiger partial charge in [-0.05, 0) is 46.7 Å². The van der Waals surface area contributed by atoms with Gasteiger partial charge in [-0.3, -0.25) is 4.79 Å². The standard InChI is InChI=1S/C19H21NO2S/c21-18(13-20-19(22)11-14-7-9-23-10-8-14)17-6-5-15-3-1-2-4-16(15)12-17/h1-6,11-12,18,21H,7-10,13H2,(H,20,22). The molecule has 1 heterocycles. The van der Waals surface area contributed by atoms with E-state index in [-0.39, 0.29) is 12.5 Å². The molecule has 0 spiro atoms. The van der Waals surface area contributed by atoms with E-state index in [9.17, 15) is 9.90 Å². The van der Waals surface area contributed by atoms with Crippen LogP contribution in [0.5, 0.6) is 0 Å². The Hall–Kier alpha value is -1.78. The number of aliphatic hydroxyl groups is 1. The van der Waals surface area contributed by atoms with E-state index in [0.29, 0.717) is 0 Å². The lowest BCUT2D eigenvalue weighted by Crippen LogP contribution is -2.27. The zero-order valence-corrected chi connectivity index (χ0v) is 13.8. The van der Waals surface area contributed by atoms with Crippen LogP contribution in [0.25, 0.3) is 10.8 Å². The van der Waals surface area contributed by atoms with E-state index < -0.39 is 6.10 Å². The molecule has 1 saturated heterocycles. The van der Waals surface area contributed by atoms with Crippen molar-refractivity contribution in [3.8, 4) is 0 Å². The van der Waals surface area contributed by atoms with Crippen LogP contribution in [0.3, 0.4) is 0 Å². The van der Waals surface area contributed by atoms with Crippen molar-refractivity contribution in [3.63, 3.8) is 0 Å². The Kier molecular flexibility index (Phi) is 5.36. The van der Waals surface area contributed by atoms with Gasteiger partial charge in [-0.1, -0.05) is 42.0 Å². The monoisotopic (exact) mass is 327 g/mol. The molecule has 1 aliphatic heterocycles. The lowest BCUT2D eigenvalue weighted by molar-refractivity contribution is -0.117. The number of carbonyl (C=O) groups is 1. The van der Waals surface area contributed by atoms with Gasteiger partial charge >= 0.3 is 0 Å². The van der Waals surface area contributed by atoms with E-state index in [1.165, 1.54) is 5.57 Å². The summed E-state index contributed by atoms with van der Waals surface area (Å²) in [6.45, 7) is 0.232. The summed E-state index contributed by atoms with van der Waals surface area (Å²) in [7, 11) is 0. The molecule has 0 saturated carbocycles. The fourth-order valence-corrected chi connectivity index (χ4v) is 3.76. The first-order chi connectivity index (χ1) is 11.2. The van der Waals surface area contributed by atoms with E-state index in [0.717, 1.165) is 40.7 Å². The van der Waals surface area contributed by atoms with Gasteiger partial charge in [-0.25, -0.2) is 0 Å². The predicted octanol–water partition coefficient (Wildman–Crippen LogP) is 3.44. The number of thioether (sulfide) groups is 1. The Morgan fingerprint density at radius 1 is 1.17 bits per heavy atom. The van der Waals surface area contributed by atoms with Crippen LogP contribution in [-0.4, -0.2) is 29.1 Å². The Bertz CT molecular complexity index is 718. The van der Waals surface area contributed by atoms with E-state index >= 15 is 0 Å². The third-order valence-corrected chi connectivity index (χ3v) is 5.08. The van der Waals surface area contributed by atoms with Crippen LogP contribution in [0.2, 0.25) is 0 Å². The molecule has 2 N–H and O–H groups in total. The predicted molar refractivity (Wildman–Crippen MR) is 96.6 cm³/mol. The second-order valence-corrected chi connectivity index (χ2v) is 7.01. The molecule has 120 valence electrons. The molecule has 4 heteroatoms. The van der Waals surface area contributed by atoms with Crippen molar-refractivity contribution in [1.29, 1.82) is 0 Å². The van der Waals surface area contributed by atoms with Crippen LogP contribution in [-0.2, 0) is 4.79 Å². The van der Waals surface area contributed by atoms with Crippen LogP contribution in [0.1, 0.15) is 24.5 Å². The van der Waals surface area contributed by atoms with E-state index in [1.54, 1.807) is 6.08 Å². The van der Waals surface area contributed by atoms with Gasteiger partial charge in [0.1, 0.15) is 0 Å². The molecule has 1 aliphatic rings. The first-order valence-electron chi connectivity index (χ1n) is 7.94. The van der Waals surface area contributed by atoms with Crippen LogP contribution in [0.15, 0.2) is 54.1 Å².